The normalized spacial score (nSPS) is 9.83. The van der Waals surface area contributed by atoms with Crippen molar-refractivity contribution in [3.63, 3.8) is 0 Å². The lowest BCUT2D eigenvalue weighted by Crippen LogP contribution is -2.28. The summed E-state index contributed by atoms with van der Waals surface area (Å²) in [7, 11) is 1.58. The lowest BCUT2D eigenvalue weighted by atomic mass is 10.3. The Morgan fingerprint density at radius 2 is 2.33 bits per heavy atom. The van der Waals surface area contributed by atoms with Crippen LogP contribution in [0.25, 0.3) is 0 Å². The third kappa shape index (κ3) is 3.24. The Labute approximate surface area is 104 Å². The van der Waals surface area contributed by atoms with Crippen LogP contribution < -0.4 is 15.4 Å². The van der Waals surface area contributed by atoms with Crippen LogP contribution in [-0.2, 0) is 6.54 Å². The van der Waals surface area contributed by atoms with Crippen LogP contribution in [0.4, 0.5) is 10.5 Å². The molecule has 6 heteroatoms. The molecule has 0 bridgehead atoms. The molecule has 0 aliphatic carbocycles. The van der Waals surface area contributed by atoms with Crippen LogP contribution in [0, 0.1) is 0 Å². The molecule has 1 aromatic heterocycles. The third-order valence-corrected chi connectivity index (χ3v) is 2.33. The third-order valence-electron chi connectivity index (χ3n) is 2.33. The van der Waals surface area contributed by atoms with Gasteiger partial charge in [-0.3, -0.25) is 5.10 Å². The van der Waals surface area contributed by atoms with Crippen LogP contribution in [0.2, 0.25) is 0 Å². The number of rotatable bonds is 4. The van der Waals surface area contributed by atoms with Crippen molar-refractivity contribution in [2.75, 3.05) is 12.4 Å². The minimum atomic E-state index is -0.280. The molecule has 0 unspecified atom stereocenters. The van der Waals surface area contributed by atoms with Gasteiger partial charge in [0.15, 0.2) is 0 Å². The van der Waals surface area contributed by atoms with Crippen molar-refractivity contribution in [2.24, 2.45) is 0 Å². The number of hydrogen-bond acceptors (Lipinski definition) is 3. The number of benzene rings is 1. The minimum Gasteiger partial charge on any atom is -0.497 e. The highest BCUT2D eigenvalue weighted by Gasteiger charge is 2.02. The zero-order valence-corrected chi connectivity index (χ0v) is 9.93. The lowest BCUT2D eigenvalue weighted by Gasteiger charge is -2.07. The fourth-order valence-corrected chi connectivity index (χ4v) is 1.43. The number of aromatic nitrogens is 2. The highest BCUT2D eigenvalue weighted by molar-refractivity contribution is 5.89. The number of carbonyl (C=O) groups excluding carboxylic acids is 1. The Hall–Kier alpha value is -2.50. The number of methoxy groups -OCH3 is 1. The van der Waals surface area contributed by atoms with Gasteiger partial charge in [-0.25, -0.2) is 4.79 Å². The van der Waals surface area contributed by atoms with Crippen molar-refractivity contribution in [3.8, 4) is 5.75 Å². The number of nitrogens with zero attached hydrogens (tertiary/aromatic N) is 1. The number of H-pyrrole nitrogens is 1. The molecular formula is C12H14N4O2. The number of aromatic amines is 1. The molecule has 0 fully saturated rings. The predicted molar refractivity (Wildman–Crippen MR) is 67.4 cm³/mol. The maximum absolute atomic E-state index is 11.6. The van der Waals surface area contributed by atoms with Gasteiger partial charge in [0.1, 0.15) is 5.75 Å². The Balaban J connectivity index is 1.86. The summed E-state index contributed by atoms with van der Waals surface area (Å²) < 4.78 is 5.07. The second-order valence-electron chi connectivity index (χ2n) is 3.62. The van der Waals surface area contributed by atoms with E-state index in [1.165, 1.54) is 0 Å². The number of amides is 2. The average Bonchev–Trinajstić information content (AvgIpc) is 2.90. The van der Waals surface area contributed by atoms with Crippen molar-refractivity contribution in [2.45, 2.75) is 6.54 Å². The summed E-state index contributed by atoms with van der Waals surface area (Å²) in [6, 6.07) is 8.68. The van der Waals surface area contributed by atoms with E-state index in [0.717, 1.165) is 5.69 Å². The molecule has 2 rings (SSSR count). The van der Waals surface area contributed by atoms with E-state index in [1.807, 2.05) is 12.1 Å². The van der Waals surface area contributed by atoms with Gasteiger partial charge < -0.3 is 15.4 Å². The van der Waals surface area contributed by atoms with Crippen LogP contribution in [0.5, 0.6) is 5.75 Å². The van der Waals surface area contributed by atoms with Gasteiger partial charge in [-0.05, 0) is 18.2 Å². The van der Waals surface area contributed by atoms with Crippen LogP contribution in [0.3, 0.4) is 0 Å². The fourth-order valence-electron chi connectivity index (χ4n) is 1.43. The number of hydrogen-bond donors (Lipinski definition) is 3. The first-order chi connectivity index (χ1) is 8.78. The number of ether oxygens (including phenoxy) is 1. The second kappa shape index (κ2) is 5.72. The first kappa shape index (κ1) is 12.0. The van der Waals surface area contributed by atoms with Crippen molar-refractivity contribution in [3.05, 3.63) is 42.2 Å². The van der Waals surface area contributed by atoms with Gasteiger partial charge >= 0.3 is 6.03 Å². The standard InChI is InChI=1S/C12H14N4O2/c1-18-11-4-2-3-9(7-11)15-12(17)13-8-10-5-6-14-16-10/h2-7H,8H2,1H3,(H,14,16)(H2,13,15,17). The quantitative estimate of drug-likeness (QED) is 0.768. The van der Waals surface area contributed by atoms with Crippen LogP contribution in [0.15, 0.2) is 36.5 Å². The largest absolute Gasteiger partial charge is 0.497 e. The molecular weight excluding hydrogens is 232 g/mol. The van der Waals surface area contributed by atoms with Gasteiger partial charge in [0, 0.05) is 18.0 Å². The molecule has 94 valence electrons. The summed E-state index contributed by atoms with van der Waals surface area (Å²) in [5.41, 5.74) is 1.52. The summed E-state index contributed by atoms with van der Waals surface area (Å²) in [5, 5.41) is 12.0. The van der Waals surface area contributed by atoms with E-state index in [9.17, 15) is 4.79 Å². The first-order valence-corrected chi connectivity index (χ1v) is 5.45. The van der Waals surface area contributed by atoms with Crippen molar-refractivity contribution >= 4 is 11.7 Å². The van der Waals surface area contributed by atoms with Crippen molar-refractivity contribution in [1.29, 1.82) is 0 Å². The Kier molecular flexibility index (Phi) is 3.80. The zero-order valence-electron chi connectivity index (χ0n) is 9.93. The van der Waals surface area contributed by atoms with Gasteiger partial charge in [0.2, 0.25) is 0 Å². The van der Waals surface area contributed by atoms with Gasteiger partial charge in [-0.2, -0.15) is 5.10 Å². The highest BCUT2D eigenvalue weighted by atomic mass is 16.5. The van der Waals surface area contributed by atoms with E-state index in [2.05, 4.69) is 20.8 Å². The zero-order chi connectivity index (χ0) is 12.8. The topological polar surface area (TPSA) is 79.0 Å². The van der Waals surface area contributed by atoms with E-state index in [0.29, 0.717) is 18.0 Å². The lowest BCUT2D eigenvalue weighted by molar-refractivity contribution is 0.251. The molecule has 2 aromatic rings. The van der Waals surface area contributed by atoms with Crippen LogP contribution >= 0.6 is 0 Å². The molecule has 0 spiro atoms. The first-order valence-electron chi connectivity index (χ1n) is 5.45. The SMILES string of the molecule is COc1cccc(NC(=O)NCc2ccn[nH]2)c1. The highest BCUT2D eigenvalue weighted by Crippen LogP contribution is 2.16. The monoisotopic (exact) mass is 246 g/mol. The molecule has 0 atom stereocenters. The molecule has 0 aliphatic rings. The van der Waals surface area contributed by atoms with Gasteiger partial charge in [0.05, 0.1) is 19.3 Å². The van der Waals surface area contributed by atoms with E-state index in [-0.39, 0.29) is 6.03 Å². The van der Waals surface area contributed by atoms with Crippen LogP contribution in [-0.4, -0.2) is 23.3 Å². The van der Waals surface area contributed by atoms with Gasteiger partial charge in [-0.15, -0.1) is 0 Å². The molecule has 1 aromatic carbocycles. The summed E-state index contributed by atoms with van der Waals surface area (Å²) in [6.45, 7) is 0.399. The van der Waals surface area contributed by atoms with E-state index >= 15 is 0 Å². The predicted octanol–water partition coefficient (Wildman–Crippen LogP) is 1.74. The Morgan fingerprint density at radius 1 is 1.44 bits per heavy atom. The van der Waals surface area contributed by atoms with Crippen LogP contribution in [0.1, 0.15) is 5.69 Å². The minimum absolute atomic E-state index is 0.280. The Morgan fingerprint density at radius 3 is 3.06 bits per heavy atom. The molecule has 1 heterocycles. The summed E-state index contributed by atoms with van der Waals surface area (Å²) >= 11 is 0. The second-order valence-corrected chi connectivity index (χ2v) is 3.62. The molecule has 6 nitrogen and oxygen atoms in total. The van der Waals surface area contributed by atoms with E-state index < -0.39 is 0 Å². The maximum Gasteiger partial charge on any atom is 0.319 e. The average molecular weight is 246 g/mol. The molecule has 2 amide bonds. The fraction of sp³-hybridized carbons (Fsp3) is 0.167. The summed E-state index contributed by atoms with van der Waals surface area (Å²) in [6.07, 6.45) is 1.64. The molecule has 0 aliphatic heterocycles. The number of anilines is 1. The maximum atomic E-state index is 11.6. The van der Waals surface area contributed by atoms with Crippen molar-refractivity contribution < 1.29 is 9.53 Å². The molecule has 0 saturated heterocycles. The number of carbonyl (C=O) groups is 1. The van der Waals surface area contributed by atoms with Crippen molar-refractivity contribution in [1.82, 2.24) is 15.5 Å². The summed E-state index contributed by atoms with van der Waals surface area (Å²) in [4.78, 5) is 11.6. The molecule has 3 N–H and O–H groups in total. The van der Waals surface area contributed by atoms with E-state index in [1.54, 1.807) is 31.5 Å². The number of nitrogens with one attached hydrogen (secondary N) is 3. The van der Waals surface area contributed by atoms with Gasteiger partial charge in [-0.1, -0.05) is 6.07 Å². The molecule has 18 heavy (non-hydrogen) atoms. The number of urea groups is 1. The smallest absolute Gasteiger partial charge is 0.319 e. The molecule has 0 saturated carbocycles. The van der Waals surface area contributed by atoms with E-state index in [4.69, 9.17) is 4.74 Å². The summed E-state index contributed by atoms with van der Waals surface area (Å²) in [5.74, 6) is 0.696. The van der Waals surface area contributed by atoms with Gasteiger partial charge in [0.25, 0.3) is 0 Å². The molecule has 0 radical (unpaired) electrons. The Bertz CT molecular complexity index is 511.